The topological polar surface area (TPSA) is 189 Å². The third-order valence-electron chi connectivity index (χ3n) is 8.02. The summed E-state index contributed by atoms with van der Waals surface area (Å²) < 4.78 is 128. The van der Waals surface area contributed by atoms with Crippen molar-refractivity contribution in [3.05, 3.63) is 35.7 Å². The minimum Gasteiger partial charge on any atom is -0.861 e. The summed E-state index contributed by atoms with van der Waals surface area (Å²) in [6.45, 7) is 2.74. The standard InChI is InChI=1S/2C15H20F3N3O3S.Ca/c2*1-2-25(23,24)21-13-12(8-11(9-19-13)15(16,17)18)20-14(22)10-6-4-3-5-7-10;/h2*8-10H,2-7H2,1H3,(H,19,21)(H,20,22);/q;;+2/p-2. The molecule has 51 heavy (non-hydrogen) atoms. The maximum Gasteiger partial charge on any atom is 2.00 e. The van der Waals surface area contributed by atoms with Crippen LogP contribution in [0.5, 0.6) is 0 Å². The number of aliphatic imine (C=N–C) groups is 2. The van der Waals surface area contributed by atoms with Gasteiger partial charge in [-0.2, -0.15) is 26.3 Å². The van der Waals surface area contributed by atoms with Crippen LogP contribution in [0.3, 0.4) is 0 Å². The van der Waals surface area contributed by atoms with Crippen LogP contribution in [0, 0.1) is 11.8 Å². The molecular formula is C30H38CaF6N6O6S2. The van der Waals surface area contributed by atoms with E-state index in [9.17, 15) is 53.4 Å². The Kier molecular flexibility index (Phi) is 16.7. The van der Waals surface area contributed by atoms with Crippen LogP contribution in [-0.2, 0) is 32.4 Å². The number of aromatic nitrogens is 2. The molecule has 2 aliphatic carbocycles. The van der Waals surface area contributed by atoms with Gasteiger partial charge in [0.15, 0.2) is 11.6 Å². The van der Waals surface area contributed by atoms with E-state index in [4.69, 9.17) is 0 Å². The normalized spacial score (nSPS) is 17.2. The van der Waals surface area contributed by atoms with E-state index in [1.54, 1.807) is 0 Å². The SMILES string of the molecule is CCS(=O)(=O)Nc1ncc(C(F)(F)F)cc1N=C([O-])C1CCCCC1.CCS(=O)(=O)Nc1ncc(C(F)(F)F)cc1N=C([O-])C1CCCCC1.[Ca+2]. The van der Waals surface area contributed by atoms with Crippen molar-refractivity contribution in [2.45, 2.75) is 90.4 Å². The number of sulfonamides is 2. The van der Waals surface area contributed by atoms with Crippen molar-refractivity contribution < 1.29 is 53.4 Å². The molecule has 2 heterocycles. The molecule has 0 unspecified atom stereocenters. The zero-order valence-electron chi connectivity index (χ0n) is 28.0. The Balaban J connectivity index is 0.000000347. The van der Waals surface area contributed by atoms with E-state index >= 15 is 0 Å². The summed E-state index contributed by atoms with van der Waals surface area (Å²) in [4.78, 5) is 14.5. The van der Waals surface area contributed by atoms with Crippen molar-refractivity contribution >= 4 is 92.6 Å². The summed E-state index contributed by atoms with van der Waals surface area (Å²) in [5, 5.41) is 24.5. The predicted octanol–water partition coefficient (Wildman–Crippen LogP) is 5.28. The van der Waals surface area contributed by atoms with Crippen LogP contribution < -0.4 is 19.7 Å². The van der Waals surface area contributed by atoms with Gasteiger partial charge in [0.1, 0.15) is 11.4 Å². The monoisotopic (exact) mass is 796 g/mol. The van der Waals surface area contributed by atoms with E-state index in [0.717, 1.165) is 38.5 Å². The van der Waals surface area contributed by atoms with Gasteiger partial charge in [-0.25, -0.2) is 26.8 Å². The van der Waals surface area contributed by atoms with Gasteiger partial charge in [-0.3, -0.25) is 19.4 Å². The summed E-state index contributed by atoms with van der Waals surface area (Å²) in [6.07, 6.45) is -0.331. The van der Waals surface area contributed by atoms with Gasteiger partial charge < -0.3 is 10.2 Å². The largest absolute Gasteiger partial charge is 2.00 e. The molecule has 2 fully saturated rings. The van der Waals surface area contributed by atoms with Crippen LogP contribution in [0.2, 0.25) is 0 Å². The van der Waals surface area contributed by atoms with Crippen LogP contribution in [-0.4, -0.2) is 87.8 Å². The molecule has 2 saturated carbocycles. The molecule has 0 saturated heterocycles. The van der Waals surface area contributed by atoms with Crippen molar-refractivity contribution in [2.75, 3.05) is 20.9 Å². The van der Waals surface area contributed by atoms with Gasteiger partial charge in [0.05, 0.1) is 22.6 Å². The third-order valence-corrected chi connectivity index (χ3v) is 10.6. The van der Waals surface area contributed by atoms with Crippen molar-refractivity contribution in [1.29, 1.82) is 0 Å². The first kappa shape index (κ1) is 44.7. The average Bonchev–Trinajstić information content (AvgIpc) is 3.06. The summed E-state index contributed by atoms with van der Waals surface area (Å²) in [5.41, 5.74) is -3.02. The molecule has 12 nitrogen and oxygen atoms in total. The second-order valence-electron chi connectivity index (χ2n) is 11.8. The van der Waals surface area contributed by atoms with Crippen molar-refractivity contribution in [1.82, 2.24) is 9.97 Å². The molecule has 2 aromatic heterocycles. The first-order valence-corrected chi connectivity index (χ1v) is 19.2. The molecule has 0 bridgehead atoms. The van der Waals surface area contributed by atoms with Crippen LogP contribution >= 0.6 is 0 Å². The number of hydrogen-bond acceptors (Lipinski definition) is 10. The molecule has 0 amide bonds. The number of alkyl halides is 6. The van der Waals surface area contributed by atoms with E-state index in [0.29, 0.717) is 50.2 Å². The number of anilines is 2. The fourth-order valence-electron chi connectivity index (χ4n) is 5.10. The van der Waals surface area contributed by atoms with E-state index < -0.39 is 66.7 Å². The quantitative estimate of drug-likeness (QED) is 0.141. The minimum atomic E-state index is -4.67. The van der Waals surface area contributed by atoms with Crippen molar-refractivity contribution in [2.24, 2.45) is 21.8 Å². The van der Waals surface area contributed by atoms with Crippen LogP contribution in [0.15, 0.2) is 34.5 Å². The molecule has 4 rings (SSSR count). The molecule has 0 atom stereocenters. The van der Waals surface area contributed by atoms with Gasteiger partial charge in [0.2, 0.25) is 20.0 Å². The molecule has 2 aromatic rings. The first-order chi connectivity index (χ1) is 23.2. The number of nitrogens with one attached hydrogen (secondary N) is 2. The molecule has 2 N–H and O–H groups in total. The van der Waals surface area contributed by atoms with Crippen molar-refractivity contribution in [3.8, 4) is 0 Å². The number of rotatable bonds is 10. The van der Waals surface area contributed by atoms with Crippen LogP contribution in [0.4, 0.5) is 49.4 Å². The van der Waals surface area contributed by atoms with Gasteiger partial charge >= 0.3 is 50.1 Å². The zero-order chi connectivity index (χ0) is 37.3. The van der Waals surface area contributed by atoms with Crippen molar-refractivity contribution in [3.63, 3.8) is 0 Å². The Morgan fingerprint density at radius 2 is 1.00 bits per heavy atom. The van der Waals surface area contributed by atoms with Crippen LogP contribution in [0.25, 0.3) is 0 Å². The zero-order valence-corrected chi connectivity index (χ0v) is 31.8. The van der Waals surface area contributed by atoms with Crippen LogP contribution in [0.1, 0.15) is 89.2 Å². The molecule has 0 aliphatic heterocycles. The Morgan fingerprint density at radius 3 is 1.27 bits per heavy atom. The van der Waals surface area contributed by atoms with E-state index in [-0.39, 0.29) is 72.7 Å². The van der Waals surface area contributed by atoms with E-state index in [1.165, 1.54) is 13.8 Å². The van der Waals surface area contributed by atoms with Gasteiger partial charge in [-0.15, -0.1) is 0 Å². The minimum absolute atomic E-state index is 0. The van der Waals surface area contributed by atoms with Gasteiger partial charge in [-0.05, 0) is 75.3 Å². The number of nitrogens with zero attached hydrogens (tertiary/aromatic N) is 4. The second kappa shape index (κ2) is 19.1. The fraction of sp³-hybridized carbons (Fsp3) is 0.600. The summed E-state index contributed by atoms with van der Waals surface area (Å²) in [5.74, 6) is -3.11. The molecule has 280 valence electrons. The fourth-order valence-corrected chi connectivity index (χ4v) is 6.29. The molecule has 2 aliphatic rings. The first-order valence-electron chi connectivity index (χ1n) is 15.9. The molecular weight excluding hydrogens is 759 g/mol. The predicted molar refractivity (Wildman–Crippen MR) is 178 cm³/mol. The second-order valence-corrected chi connectivity index (χ2v) is 15.8. The number of hydrogen-bond donors (Lipinski definition) is 2. The third kappa shape index (κ3) is 14.2. The molecule has 0 aromatic carbocycles. The number of halogens is 6. The maximum absolute atomic E-state index is 12.9. The van der Waals surface area contributed by atoms with Gasteiger partial charge in [0.25, 0.3) is 0 Å². The molecule has 21 heteroatoms. The summed E-state index contributed by atoms with van der Waals surface area (Å²) in [7, 11) is -7.54. The Bertz CT molecular complexity index is 1620. The molecule has 0 spiro atoms. The number of pyridine rings is 2. The Labute approximate surface area is 322 Å². The summed E-state index contributed by atoms with van der Waals surface area (Å²) >= 11 is 0. The summed E-state index contributed by atoms with van der Waals surface area (Å²) in [6, 6.07) is 1.28. The van der Waals surface area contributed by atoms with Gasteiger partial charge in [-0.1, -0.05) is 38.5 Å². The van der Waals surface area contributed by atoms with Gasteiger partial charge in [0, 0.05) is 12.4 Å². The Hall–Kier alpha value is -2.42. The Morgan fingerprint density at radius 1 is 0.686 bits per heavy atom. The van der Waals surface area contributed by atoms with E-state index in [2.05, 4.69) is 29.4 Å². The van der Waals surface area contributed by atoms with E-state index in [1.807, 2.05) is 0 Å². The molecule has 0 radical (unpaired) electrons. The average molecular weight is 797 g/mol. The smallest absolute Gasteiger partial charge is 0.861 e. The maximum atomic E-state index is 12.9.